The molecule has 12 heteroatoms. The molecule has 2 unspecified atom stereocenters. The SMILES string of the molecule is CCC1N(CSOOO)NC(S)N1CS(=O)(=O)O. The molecule has 2 atom stereocenters. The van der Waals surface area contributed by atoms with E-state index in [0.717, 1.165) is 12.0 Å². The maximum atomic E-state index is 10.9. The maximum absolute atomic E-state index is 10.9. The van der Waals surface area contributed by atoms with Gasteiger partial charge in [0.15, 0.2) is 0 Å². The van der Waals surface area contributed by atoms with Crippen molar-refractivity contribution < 1.29 is 27.6 Å². The Morgan fingerprint density at radius 2 is 2.22 bits per heavy atom. The molecule has 0 aliphatic carbocycles. The molecule has 9 nitrogen and oxygen atoms in total. The van der Waals surface area contributed by atoms with Gasteiger partial charge in [0.05, 0.1) is 24.1 Å². The molecule has 0 saturated carbocycles. The van der Waals surface area contributed by atoms with E-state index in [0.29, 0.717) is 6.42 Å². The van der Waals surface area contributed by atoms with E-state index >= 15 is 0 Å². The van der Waals surface area contributed by atoms with Crippen LogP contribution in [0.4, 0.5) is 0 Å². The van der Waals surface area contributed by atoms with Gasteiger partial charge in [-0.05, 0) is 6.42 Å². The van der Waals surface area contributed by atoms with E-state index < -0.39 is 21.5 Å². The Kier molecular flexibility index (Phi) is 6.60. The fourth-order valence-corrected chi connectivity index (χ4v) is 3.31. The second-order valence-electron chi connectivity index (χ2n) is 3.48. The summed E-state index contributed by atoms with van der Waals surface area (Å²) in [6.45, 7) is 1.86. The lowest BCUT2D eigenvalue weighted by molar-refractivity contribution is -0.432. The molecule has 1 aliphatic rings. The number of nitrogens with one attached hydrogen (secondary N) is 1. The smallest absolute Gasteiger partial charge is 0.278 e. The van der Waals surface area contributed by atoms with Crippen LogP contribution in [0.25, 0.3) is 0 Å². The molecule has 0 amide bonds. The van der Waals surface area contributed by atoms with Crippen LogP contribution < -0.4 is 5.43 Å². The van der Waals surface area contributed by atoms with Crippen molar-refractivity contribution in [1.82, 2.24) is 15.3 Å². The summed E-state index contributed by atoms with van der Waals surface area (Å²) in [7, 11) is -4.12. The first-order chi connectivity index (χ1) is 8.39. The first-order valence-corrected chi connectivity index (χ1v) is 7.94. The van der Waals surface area contributed by atoms with Crippen LogP contribution in [0.2, 0.25) is 0 Å². The highest BCUT2D eigenvalue weighted by Crippen LogP contribution is 2.23. The summed E-state index contributed by atoms with van der Waals surface area (Å²) in [4.78, 5) is 1.47. The zero-order valence-corrected chi connectivity index (χ0v) is 12.0. The highest BCUT2D eigenvalue weighted by Gasteiger charge is 2.38. The van der Waals surface area contributed by atoms with Gasteiger partial charge in [0.2, 0.25) is 0 Å². The average molecular weight is 321 g/mol. The Hall–Kier alpha value is 0.370. The third kappa shape index (κ3) is 4.80. The minimum absolute atomic E-state index is 0.262. The second kappa shape index (κ2) is 7.23. The van der Waals surface area contributed by atoms with Crippen molar-refractivity contribution in [3.8, 4) is 0 Å². The van der Waals surface area contributed by atoms with Crippen molar-refractivity contribution in [1.29, 1.82) is 0 Å². The summed E-state index contributed by atoms with van der Waals surface area (Å²) in [6, 6.07) is 0. The van der Waals surface area contributed by atoms with Gasteiger partial charge in [0, 0.05) is 0 Å². The Balaban J connectivity index is 2.63. The lowest BCUT2D eigenvalue weighted by Gasteiger charge is -2.26. The number of nitrogens with zero attached hydrogens (tertiary/aromatic N) is 2. The summed E-state index contributed by atoms with van der Waals surface area (Å²) < 4.78 is 34.9. The predicted octanol–water partition coefficient (Wildman–Crippen LogP) is -0.0697. The average Bonchev–Trinajstić information content (AvgIpc) is 2.53. The lowest BCUT2D eigenvalue weighted by Crippen LogP contribution is -2.42. The summed E-state index contributed by atoms with van der Waals surface area (Å²) in [5.41, 5.74) is 2.35. The molecule has 0 radical (unpaired) electrons. The number of thiol groups is 1. The molecule has 0 aromatic rings. The highest BCUT2D eigenvalue weighted by atomic mass is 32.2. The summed E-state index contributed by atoms with van der Waals surface area (Å²) in [5.74, 6) is -0.261. The molecule has 1 fully saturated rings. The lowest BCUT2D eigenvalue weighted by atomic mass is 10.3. The minimum atomic E-state index is -4.12. The van der Waals surface area contributed by atoms with Gasteiger partial charge >= 0.3 is 0 Å². The van der Waals surface area contributed by atoms with Crippen LogP contribution >= 0.6 is 24.7 Å². The molecule has 108 valence electrons. The van der Waals surface area contributed by atoms with Crippen molar-refractivity contribution >= 4 is 34.8 Å². The second-order valence-corrected chi connectivity index (χ2v) is 6.02. The van der Waals surface area contributed by atoms with Gasteiger partial charge in [-0.3, -0.25) is 4.55 Å². The van der Waals surface area contributed by atoms with Crippen LogP contribution in [0.15, 0.2) is 0 Å². The number of hydrogen-bond acceptors (Lipinski definition) is 10. The topological polar surface area (TPSA) is 112 Å². The van der Waals surface area contributed by atoms with E-state index in [1.54, 1.807) is 5.01 Å². The molecule has 3 N–H and O–H groups in total. The normalized spacial score (nSPS) is 26.9. The fraction of sp³-hybridized carbons (Fsp3) is 1.00. The van der Waals surface area contributed by atoms with E-state index in [2.05, 4.69) is 27.4 Å². The van der Waals surface area contributed by atoms with Crippen LogP contribution in [0.5, 0.6) is 0 Å². The predicted molar refractivity (Wildman–Crippen MR) is 67.3 cm³/mol. The molecular formula is C6H15N3O6S3. The summed E-state index contributed by atoms with van der Waals surface area (Å²) >= 11 is 4.99. The largest absolute Gasteiger partial charge is 0.285 e. The van der Waals surface area contributed by atoms with E-state index in [4.69, 9.17) is 9.81 Å². The molecule has 18 heavy (non-hydrogen) atoms. The molecule has 1 heterocycles. The van der Waals surface area contributed by atoms with Crippen molar-refractivity contribution in [3.63, 3.8) is 0 Å². The first kappa shape index (κ1) is 16.4. The molecule has 1 saturated heterocycles. The van der Waals surface area contributed by atoms with E-state index in [1.165, 1.54) is 4.90 Å². The Morgan fingerprint density at radius 1 is 1.56 bits per heavy atom. The monoisotopic (exact) mass is 321 g/mol. The Bertz CT molecular complexity index is 354. The van der Waals surface area contributed by atoms with Gasteiger partial charge in [-0.25, -0.2) is 20.6 Å². The van der Waals surface area contributed by atoms with Crippen LogP contribution in [0, 0.1) is 0 Å². The summed E-state index contributed by atoms with van der Waals surface area (Å²) in [5, 5.41) is 13.1. The third-order valence-electron chi connectivity index (χ3n) is 2.29. The van der Waals surface area contributed by atoms with Gasteiger partial charge in [0.25, 0.3) is 10.1 Å². The van der Waals surface area contributed by atoms with E-state index in [1.807, 2.05) is 6.92 Å². The minimum Gasteiger partial charge on any atom is -0.285 e. The van der Waals surface area contributed by atoms with Crippen LogP contribution in [0.3, 0.4) is 0 Å². The van der Waals surface area contributed by atoms with Gasteiger partial charge in [-0.2, -0.15) is 8.42 Å². The molecule has 1 aliphatic heterocycles. The van der Waals surface area contributed by atoms with Crippen LogP contribution in [-0.4, -0.2) is 51.6 Å². The summed E-state index contributed by atoms with van der Waals surface area (Å²) in [6.07, 6.45) is 0.310. The van der Waals surface area contributed by atoms with Crippen molar-refractivity contribution in [2.75, 3.05) is 11.8 Å². The van der Waals surface area contributed by atoms with Gasteiger partial charge < -0.3 is 0 Å². The van der Waals surface area contributed by atoms with E-state index in [9.17, 15) is 8.42 Å². The van der Waals surface area contributed by atoms with Crippen LogP contribution in [-0.2, 0) is 19.5 Å². The van der Waals surface area contributed by atoms with Crippen molar-refractivity contribution in [2.45, 2.75) is 25.0 Å². The molecule has 0 aromatic carbocycles. The number of rotatable bonds is 7. The van der Waals surface area contributed by atoms with Gasteiger partial charge in [-0.1, -0.05) is 12.0 Å². The van der Waals surface area contributed by atoms with Crippen LogP contribution in [0.1, 0.15) is 13.3 Å². The maximum Gasteiger partial charge on any atom is 0.278 e. The zero-order valence-electron chi connectivity index (χ0n) is 9.46. The number of hydrogen-bond donors (Lipinski definition) is 4. The molecule has 0 spiro atoms. The zero-order chi connectivity index (χ0) is 13.8. The molecular weight excluding hydrogens is 306 g/mol. The fourth-order valence-electron chi connectivity index (χ4n) is 1.67. The standard InChI is InChI=1S/C6H15N3O6S3/c1-2-5-8(4-18(11,12)13)6(16)7-9(5)3-17-15-14-10/h5-7,10,16H,2-4H2,1H3,(H,11,12,13). The van der Waals surface area contributed by atoms with E-state index in [-0.39, 0.29) is 12.0 Å². The third-order valence-corrected chi connectivity index (χ3v) is 3.86. The molecule has 0 bridgehead atoms. The quantitative estimate of drug-likeness (QED) is 0.127. The molecule has 0 aromatic heterocycles. The van der Waals surface area contributed by atoms with Gasteiger partial charge in [-0.15, -0.1) is 17.0 Å². The number of hydrazine groups is 1. The van der Waals surface area contributed by atoms with Crippen molar-refractivity contribution in [3.05, 3.63) is 0 Å². The highest BCUT2D eigenvalue weighted by molar-refractivity contribution is 7.94. The van der Waals surface area contributed by atoms with Crippen molar-refractivity contribution in [2.24, 2.45) is 0 Å². The molecule has 1 rings (SSSR count). The van der Waals surface area contributed by atoms with Gasteiger partial charge in [0.1, 0.15) is 11.4 Å². The Labute approximate surface area is 115 Å². The first-order valence-electron chi connectivity index (χ1n) is 4.90. The Morgan fingerprint density at radius 3 is 2.72 bits per heavy atom.